The summed E-state index contributed by atoms with van der Waals surface area (Å²) in [7, 11) is 1.63. The summed E-state index contributed by atoms with van der Waals surface area (Å²) in [6.45, 7) is 0. The lowest BCUT2D eigenvalue weighted by atomic mass is 10.0. The maximum absolute atomic E-state index is 12.2. The lowest BCUT2D eigenvalue weighted by Gasteiger charge is -2.10. The first kappa shape index (κ1) is 11.8. The normalized spacial score (nSPS) is 16.9. The van der Waals surface area contributed by atoms with Gasteiger partial charge in [0.05, 0.1) is 12.7 Å². The van der Waals surface area contributed by atoms with E-state index in [1.807, 2.05) is 48.5 Å². The molecule has 0 amide bonds. The summed E-state index contributed by atoms with van der Waals surface area (Å²) in [5.74, 6) is 1.53. The highest BCUT2D eigenvalue weighted by Crippen LogP contribution is 2.30. The number of ether oxygens (including phenoxy) is 2. The van der Waals surface area contributed by atoms with Crippen molar-refractivity contribution < 1.29 is 14.3 Å². The molecule has 2 aromatic carbocycles. The molecule has 0 spiro atoms. The molecule has 2 aromatic rings. The number of Topliss-reactive ketones (excluding diaryl/α,β-unsaturated/α-hetero) is 1. The Morgan fingerprint density at radius 2 is 2.00 bits per heavy atom. The predicted molar refractivity (Wildman–Crippen MR) is 71.9 cm³/mol. The van der Waals surface area contributed by atoms with Gasteiger partial charge in [0, 0.05) is 6.42 Å². The van der Waals surface area contributed by atoms with Crippen LogP contribution in [-0.4, -0.2) is 19.0 Å². The van der Waals surface area contributed by atoms with Crippen molar-refractivity contribution in [3.8, 4) is 11.5 Å². The van der Waals surface area contributed by atoms with Crippen molar-refractivity contribution in [1.82, 2.24) is 0 Å². The Balaban J connectivity index is 1.81. The molecule has 3 nitrogen and oxygen atoms in total. The second kappa shape index (κ2) is 4.76. The van der Waals surface area contributed by atoms with Crippen LogP contribution in [0, 0.1) is 0 Å². The Morgan fingerprint density at radius 3 is 2.79 bits per heavy atom. The van der Waals surface area contributed by atoms with E-state index in [1.165, 1.54) is 0 Å². The molecule has 0 radical (unpaired) electrons. The van der Waals surface area contributed by atoms with Crippen molar-refractivity contribution in [3.63, 3.8) is 0 Å². The van der Waals surface area contributed by atoms with Crippen molar-refractivity contribution in [2.45, 2.75) is 12.5 Å². The van der Waals surface area contributed by atoms with Gasteiger partial charge >= 0.3 is 0 Å². The van der Waals surface area contributed by atoms with Crippen molar-refractivity contribution in [1.29, 1.82) is 0 Å². The summed E-state index contributed by atoms with van der Waals surface area (Å²) in [6, 6.07) is 15.1. The van der Waals surface area contributed by atoms with Crippen LogP contribution in [0.1, 0.15) is 15.9 Å². The van der Waals surface area contributed by atoms with Gasteiger partial charge in [0.2, 0.25) is 5.78 Å². The largest absolute Gasteiger partial charge is 0.497 e. The average Bonchev–Trinajstić information content (AvgIpc) is 2.76. The number of fused-ring (bicyclic) bond motifs is 1. The summed E-state index contributed by atoms with van der Waals surface area (Å²) in [5.41, 5.74) is 1.71. The van der Waals surface area contributed by atoms with Crippen LogP contribution in [0.15, 0.2) is 48.5 Å². The Labute approximate surface area is 111 Å². The zero-order chi connectivity index (χ0) is 13.2. The van der Waals surface area contributed by atoms with Crippen LogP contribution in [-0.2, 0) is 6.42 Å². The third kappa shape index (κ3) is 2.19. The summed E-state index contributed by atoms with van der Waals surface area (Å²) >= 11 is 0. The minimum absolute atomic E-state index is 0.0541. The summed E-state index contributed by atoms with van der Waals surface area (Å²) in [4.78, 5) is 12.2. The van der Waals surface area contributed by atoms with E-state index in [1.54, 1.807) is 7.11 Å². The first-order valence-corrected chi connectivity index (χ1v) is 6.21. The molecule has 0 N–H and O–H groups in total. The molecule has 0 aromatic heterocycles. The van der Waals surface area contributed by atoms with E-state index in [9.17, 15) is 4.79 Å². The highest BCUT2D eigenvalue weighted by molar-refractivity contribution is 6.04. The first-order chi connectivity index (χ1) is 9.28. The molecular weight excluding hydrogens is 240 g/mol. The first-order valence-electron chi connectivity index (χ1n) is 6.21. The lowest BCUT2D eigenvalue weighted by molar-refractivity contribution is 0.0857. The van der Waals surface area contributed by atoms with Crippen LogP contribution in [0.25, 0.3) is 0 Å². The number of ketones is 1. The second-order valence-electron chi connectivity index (χ2n) is 4.52. The van der Waals surface area contributed by atoms with E-state index in [0.29, 0.717) is 17.7 Å². The van der Waals surface area contributed by atoms with E-state index in [0.717, 1.165) is 11.3 Å². The Morgan fingerprint density at radius 1 is 1.16 bits per heavy atom. The van der Waals surface area contributed by atoms with Gasteiger partial charge in [0.25, 0.3) is 0 Å². The van der Waals surface area contributed by atoms with E-state index in [-0.39, 0.29) is 5.78 Å². The maximum atomic E-state index is 12.2. The molecular formula is C16H14O3. The number of carbonyl (C=O) groups excluding carboxylic acids is 1. The third-order valence-electron chi connectivity index (χ3n) is 3.27. The zero-order valence-electron chi connectivity index (χ0n) is 10.6. The van der Waals surface area contributed by atoms with Crippen LogP contribution in [0.4, 0.5) is 0 Å². The van der Waals surface area contributed by atoms with Gasteiger partial charge < -0.3 is 9.47 Å². The van der Waals surface area contributed by atoms with Gasteiger partial charge in [-0.25, -0.2) is 0 Å². The van der Waals surface area contributed by atoms with Gasteiger partial charge in [-0.3, -0.25) is 4.79 Å². The van der Waals surface area contributed by atoms with Crippen LogP contribution in [0.5, 0.6) is 11.5 Å². The molecule has 0 unspecified atom stereocenters. The van der Waals surface area contributed by atoms with Gasteiger partial charge in [-0.1, -0.05) is 24.3 Å². The molecule has 0 aliphatic carbocycles. The molecule has 96 valence electrons. The number of carbonyl (C=O) groups is 1. The fraction of sp³-hybridized carbons (Fsp3) is 0.188. The number of rotatable bonds is 3. The smallest absolute Gasteiger partial charge is 0.207 e. The highest BCUT2D eigenvalue weighted by Gasteiger charge is 2.31. The Kier molecular flexibility index (Phi) is 2.95. The minimum atomic E-state index is -0.426. The van der Waals surface area contributed by atoms with Gasteiger partial charge in [0.1, 0.15) is 11.5 Å². The van der Waals surface area contributed by atoms with Crippen molar-refractivity contribution in [2.24, 2.45) is 0 Å². The van der Waals surface area contributed by atoms with Crippen molar-refractivity contribution in [3.05, 3.63) is 59.7 Å². The van der Waals surface area contributed by atoms with E-state index < -0.39 is 6.10 Å². The molecule has 1 aliphatic heterocycles. The van der Waals surface area contributed by atoms with Gasteiger partial charge in [-0.05, 0) is 29.8 Å². The second-order valence-corrected chi connectivity index (χ2v) is 4.52. The quantitative estimate of drug-likeness (QED) is 0.844. The number of hydrogen-bond donors (Lipinski definition) is 0. The van der Waals surface area contributed by atoms with E-state index in [2.05, 4.69) is 0 Å². The van der Waals surface area contributed by atoms with Gasteiger partial charge in [0.15, 0.2) is 6.10 Å². The number of benzene rings is 2. The number of methoxy groups -OCH3 is 1. The fourth-order valence-corrected chi connectivity index (χ4v) is 2.30. The Bertz CT molecular complexity index is 619. The number of hydrogen-bond acceptors (Lipinski definition) is 3. The molecule has 1 heterocycles. The van der Waals surface area contributed by atoms with Gasteiger partial charge in [-0.15, -0.1) is 0 Å². The molecule has 19 heavy (non-hydrogen) atoms. The molecule has 3 heteroatoms. The molecule has 3 rings (SSSR count). The van der Waals surface area contributed by atoms with Crippen molar-refractivity contribution >= 4 is 5.78 Å². The highest BCUT2D eigenvalue weighted by atomic mass is 16.5. The van der Waals surface area contributed by atoms with E-state index in [4.69, 9.17) is 9.47 Å². The van der Waals surface area contributed by atoms with Crippen LogP contribution in [0.2, 0.25) is 0 Å². The zero-order valence-corrected chi connectivity index (χ0v) is 10.6. The van der Waals surface area contributed by atoms with Crippen LogP contribution < -0.4 is 9.47 Å². The van der Waals surface area contributed by atoms with Gasteiger partial charge in [-0.2, -0.15) is 0 Å². The number of para-hydroxylation sites is 1. The molecule has 0 fully saturated rings. The standard InChI is InChI=1S/C16H14O3/c1-18-12-6-4-5-11(9-12)10-15-16(17)13-7-2-3-8-14(13)19-15/h2-9,15H,10H2,1H3/t15-/m1/s1. The van der Waals surface area contributed by atoms with E-state index >= 15 is 0 Å². The topological polar surface area (TPSA) is 35.5 Å². The van der Waals surface area contributed by atoms with Crippen LogP contribution >= 0.6 is 0 Å². The molecule has 0 saturated heterocycles. The molecule has 1 aliphatic rings. The summed E-state index contributed by atoms with van der Waals surface area (Å²) in [5, 5.41) is 0. The molecule has 0 bridgehead atoms. The average molecular weight is 254 g/mol. The maximum Gasteiger partial charge on any atom is 0.207 e. The SMILES string of the molecule is COc1cccc(C[C@H]2Oc3ccccc3C2=O)c1. The predicted octanol–water partition coefficient (Wildman–Crippen LogP) is 2.88. The lowest BCUT2D eigenvalue weighted by Crippen LogP contribution is -2.23. The Hall–Kier alpha value is -2.29. The third-order valence-corrected chi connectivity index (χ3v) is 3.27. The molecule has 0 saturated carbocycles. The fourth-order valence-electron chi connectivity index (χ4n) is 2.30. The molecule has 1 atom stereocenters. The summed E-state index contributed by atoms with van der Waals surface area (Å²) < 4.78 is 10.9. The van der Waals surface area contributed by atoms with Crippen molar-refractivity contribution in [2.75, 3.05) is 7.11 Å². The van der Waals surface area contributed by atoms with Crippen LogP contribution in [0.3, 0.4) is 0 Å². The minimum Gasteiger partial charge on any atom is -0.497 e. The monoisotopic (exact) mass is 254 g/mol. The summed E-state index contributed by atoms with van der Waals surface area (Å²) in [6.07, 6.45) is 0.134.